The average molecular weight is 279 g/mol. The Balaban J connectivity index is 2.13. The van der Waals surface area contributed by atoms with Crippen LogP contribution < -0.4 is 4.65 Å². The van der Waals surface area contributed by atoms with Crippen molar-refractivity contribution in [3.05, 3.63) is 64.9 Å². The van der Waals surface area contributed by atoms with Gasteiger partial charge in [0.2, 0.25) is 0 Å². The second-order valence-corrected chi connectivity index (χ2v) is 4.89. The summed E-state index contributed by atoms with van der Waals surface area (Å²) < 4.78 is 37.6. The molecule has 0 saturated carbocycles. The van der Waals surface area contributed by atoms with Gasteiger partial charge in [0.05, 0.1) is 12.1 Å². The minimum atomic E-state index is -4.43. The van der Waals surface area contributed by atoms with E-state index in [0.717, 1.165) is 12.1 Å². The van der Waals surface area contributed by atoms with Gasteiger partial charge in [-0.3, -0.25) is 4.65 Å². The van der Waals surface area contributed by atoms with Crippen LogP contribution in [0.15, 0.2) is 48.5 Å². The molecule has 1 unspecified atom stereocenters. The number of fused-ring (bicyclic) bond motifs is 1. The summed E-state index contributed by atoms with van der Waals surface area (Å²) in [6.07, 6.45) is -3.94. The lowest BCUT2D eigenvalue weighted by atomic mass is 10.1. The molecular weight excluding hydrogens is 267 g/mol. The summed E-state index contributed by atoms with van der Waals surface area (Å²) in [5.74, 6) is 0. The second kappa shape index (κ2) is 4.33. The van der Waals surface area contributed by atoms with Crippen LogP contribution in [0.3, 0.4) is 0 Å². The van der Waals surface area contributed by atoms with Crippen LogP contribution in [0.25, 0.3) is 0 Å². The molecule has 0 radical (unpaired) electrons. The molecule has 0 aliphatic carbocycles. The van der Waals surface area contributed by atoms with Crippen molar-refractivity contribution in [2.24, 2.45) is 0 Å². The first-order valence-electron chi connectivity index (χ1n) is 6.27. The summed E-state index contributed by atoms with van der Waals surface area (Å²) in [5.41, 5.74) is 0.584. The van der Waals surface area contributed by atoms with E-state index in [1.165, 1.54) is 6.07 Å². The van der Waals surface area contributed by atoms with E-state index in [0.29, 0.717) is 17.7 Å². The van der Waals surface area contributed by atoms with Crippen molar-refractivity contribution in [1.29, 1.82) is 0 Å². The van der Waals surface area contributed by atoms with Gasteiger partial charge in [0, 0.05) is 18.1 Å². The first kappa shape index (κ1) is 13.1. The number of alkyl halides is 3. The molecule has 20 heavy (non-hydrogen) atoms. The molecule has 1 heterocycles. The first-order valence-corrected chi connectivity index (χ1v) is 6.27. The molecule has 104 valence electrons. The number of hydrogen-bond donors (Lipinski definition) is 0. The summed E-state index contributed by atoms with van der Waals surface area (Å²) in [6.45, 7) is 0.237. The zero-order valence-electron chi connectivity index (χ0n) is 10.5. The third-order valence-corrected chi connectivity index (χ3v) is 3.67. The van der Waals surface area contributed by atoms with E-state index >= 15 is 0 Å². The fourth-order valence-electron chi connectivity index (χ4n) is 2.62. The van der Waals surface area contributed by atoms with Crippen molar-refractivity contribution in [3.63, 3.8) is 0 Å². The molecule has 1 aliphatic rings. The maximum atomic E-state index is 13.0. The zero-order chi connectivity index (χ0) is 14.4. The number of benzene rings is 2. The van der Waals surface area contributed by atoms with Crippen molar-refractivity contribution in [2.75, 3.05) is 6.54 Å². The number of hydrogen-bond acceptors (Lipinski definition) is 1. The third kappa shape index (κ3) is 1.99. The highest BCUT2D eigenvalue weighted by molar-refractivity contribution is 5.67. The van der Waals surface area contributed by atoms with Crippen LogP contribution in [0.5, 0.6) is 0 Å². The summed E-state index contributed by atoms with van der Waals surface area (Å²) >= 11 is 0. The Morgan fingerprint density at radius 2 is 1.70 bits per heavy atom. The standard InChI is InChI=1S/C15H12F3NO/c16-15(17,18)12-7-6-11-8-9-19(20,14(11)10-12)13-4-2-1-3-5-13/h1-7,10H,8-9H2. The van der Waals surface area contributed by atoms with Crippen molar-refractivity contribution in [1.82, 2.24) is 4.65 Å². The van der Waals surface area contributed by atoms with Gasteiger partial charge >= 0.3 is 6.18 Å². The minimum absolute atomic E-state index is 0.200. The van der Waals surface area contributed by atoms with Crippen LogP contribution in [0.1, 0.15) is 11.1 Å². The van der Waals surface area contributed by atoms with Gasteiger partial charge in [-0.25, -0.2) is 0 Å². The number of hydroxylamine groups is 1. The van der Waals surface area contributed by atoms with Crippen molar-refractivity contribution in [2.45, 2.75) is 12.6 Å². The molecule has 0 N–H and O–H groups in total. The number of rotatable bonds is 1. The van der Waals surface area contributed by atoms with Gasteiger partial charge in [0.15, 0.2) is 0 Å². The monoisotopic (exact) mass is 279 g/mol. The van der Waals surface area contributed by atoms with E-state index < -0.39 is 16.4 Å². The molecule has 0 bridgehead atoms. The van der Waals surface area contributed by atoms with Gasteiger partial charge in [-0.05, 0) is 18.2 Å². The topological polar surface area (TPSA) is 23.1 Å². The van der Waals surface area contributed by atoms with Gasteiger partial charge in [-0.15, -0.1) is 0 Å². The molecule has 0 saturated heterocycles. The average Bonchev–Trinajstić information content (AvgIpc) is 2.77. The summed E-state index contributed by atoms with van der Waals surface area (Å²) in [7, 11) is 0. The van der Waals surface area contributed by atoms with Crippen LogP contribution in [-0.2, 0) is 12.6 Å². The molecule has 1 atom stereocenters. The largest absolute Gasteiger partial charge is 0.622 e. The normalized spacial score (nSPS) is 21.8. The molecule has 5 heteroatoms. The molecule has 3 rings (SSSR count). The van der Waals surface area contributed by atoms with Gasteiger partial charge in [-0.1, -0.05) is 24.3 Å². The highest BCUT2D eigenvalue weighted by Gasteiger charge is 2.37. The van der Waals surface area contributed by atoms with E-state index in [-0.39, 0.29) is 12.2 Å². The van der Waals surface area contributed by atoms with Crippen LogP contribution in [0, 0.1) is 5.21 Å². The van der Waals surface area contributed by atoms with E-state index in [4.69, 9.17) is 0 Å². The highest BCUT2D eigenvalue weighted by Crippen LogP contribution is 2.44. The first-order chi connectivity index (χ1) is 9.41. The Bertz CT molecular complexity index is 639. The lowest BCUT2D eigenvalue weighted by Crippen LogP contribution is -2.35. The van der Waals surface area contributed by atoms with Crippen molar-refractivity contribution in [3.8, 4) is 0 Å². The summed E-state index contributed by atoms with van der Waals surface area (Å²) in [6, 6.07) is 12.0. The molecule has 2 aromatic rings. The van der Waals surface area contributed by atoms with E-state index in [9.17, 15) is 18.4 Å². The number of quaternary nitrogens is 1. The van der Waals surface area contributed by atoms with Crippen molar-refractivity contribution < 1.29 is 13.2 Å². The highest BCUT2D eigenvalue weighted by atomic mass is 19.4. The van der Waals surface area contributed by atoms with Gasteiger partial charge < -0.3 is 5.21 Å². The molecule has 0 spiro atoms. The fraction of sp³-hybridized carbons (Fsp3) is 0.200. The Kier molecular flexibility index (Phi) is 2.84. The molecule has 0 amide bonds. The molecule has 0 aromatic heterocycles. The maximum absolute atomic E-state index is 13.0. The molecule has 2 aromatic carbocycles. The molecule has 0 fully saturated rings. The van der Waals surface area contributed by atoms with Crippen LogP contribution in [0.4, 0.5) is 24.5 Å². The quantitative estimate of drug-likeness (QED) is 0.560. The Labute approximate surface area is 114 Å². The van der Waals surface area contributed by atoms with Crippen LogP contribution >= 0.6 is 0 Å². The lowest BCUT2D eigenvalue weighted by Gasteiger charge is -2.38. The third-order valence-electron chi connectivity index (χ3n) is 3.67. The Morgan fingerprint density at radius 3 is 2.35 bits per heavy atom. The fourth-order valence-corrected chi connectivity index (χ4v) is 2.62. The molecule has 2 nitrogen and oxygen atoms in total. The number of halogens is 3. The predicted molar refractivity (Wildman–Crippen MR) is 71.3 cm³/mol. The number of nitrogens with zero attached hydrogens (tertiary/aromatic N) is 1. The van der Waals surface area contributed by atoms with Gasteiger partial charge in [-0.2, -0.15) is 13.2 Å². The summed E-state index contributed by atoms with van der Waals surface area (Å²) in [5, 5.41) is 13.0. The van der Waals surface area contributed by atoms with Crippen LogP contribution in [0.2, 0.25) is 0 Å². The Morgan fingerprint density at radius 1 is 1.00 bits per heavy atom. The van der Waals surface area contributed by atoms with E-state index in [1.807, 2.05) is 0 Å². The minimum Gasteiger partial charge on any atom is -0.622 e. The van der Waals surface area contributed by atoms with E-state index in [2.05, 4.69) is 0 Å². The second-order valence-electron chi connectivity index (χ2n) is 4.89. The van der Waals surface area contributed by atoms with Crippen molar-refractivity contribution >= 4 is 11.4 Å². The van der Waals surface area contributed by atoms with E-state index in [1.54, 1.807) is 30.3 Å². The number of para-hydroxylation sites is 1. The molecular formula is C15H12F3NO. The smallest absolute Gasteiger partial charge is 0.416 e. The summed E-state index contributed by atoms with van der Waals surface area (Å²) in [4.78, 5) is 0. The Hall–Kier alpha value is -1.85. The molecule has 1 aliphatic heterocycles. The SMILES string of the molecule is [O-][N+]1(c2ccccc2)CCc2ccc(C(F)(F)F)cc21. The van der Waals surface area contributed by atoms with Crippen LogP contribution in [-0.4, -0.2) is 6.54 Å². The van der Waals surface area contributed by atoms with Gasteiger partial charge in [0.25, 0.3) is 0 Å². The van der Waals surface area contributed by atoms with Gasteiger partial charge in [0.1, 0.15) is 11.4 Å². The maximum Gasteiger partial charge on any atom is 0.416 e. The zero-order valence-corrected chi connectivity index (χ0v) is 10.5. The lowest BCUT2D eigenvalue weighted by molar-refractivity contribution is -0.137. The predicted octanol–water partition coefficient (Wildman–Crippen LogP) is 4.40.